The van der Waals surface area contributed by atoms with Crippen molar-refractivity contribution in [3.8, 4) is 0 Å². The standard InChI is InChI=1S/C12H13NS/c1-11-13(9-10-14-11)8-7-12-5-3-2-4-6-12/h2-6,9-10H,1,7-8H2. The van der Waals surface area contributed by atoms with E-state index in [2.05, 4.69) is 47.4 Å². The summed E-state index contributed by atoms with van der Waals surface area (Å²) in [6.45, 7) is 4.99. The number of nitrogens with zero attached hydrogens (tertiary/aromatic N) is 1. The Balaban J connectivity index is 1.89. The van der Waals surface area contributed by atoms with Gasteiger partial charge in [-0.1, -0.05) is 48.7 Å². The minimum atomic E-state index is 1.02. The Kier molecular flexibility index (Phi) is 2.94. The van der Waals surface area contributed by atoms with Crippen LogP contribution >= 0.6 is 11.8 Å². The Morgan fingerprint density at radius 3 is 2.64 bits per heavy atom. The van der Waals surface area contributed by atoms with Gasteiger partial charge in [-0.25, -0.2) is 0 Å². The van der Waals surface area contributed by atoms with Crippen LogP contribution in [0, 0.1) is 0 Å². The first-order valence-corrected chi connectivity index (χ1v) is 5.57. The molecular weight excluding hydrogens is 190 g/mol. The summed E-state index contributed by atoms with van der Waals surface area (Å²) in [5.41, 5.74) is 1.38. The molecule has 0 saturated heterocycles. The minimum absolute atomic E-state index is 1.02. The van der Waals surface area contributed by atoms with Gasteiger partial charge in [0, 0.05) is 12.7 Å². The van der Waals surface area contributed by atoms with Crippen LogP contribution in [-0.2, 0) is 6.42 Å². The van der Waals surface area contributed by atoms with E-state index in [-0.39, 0.29) is 0 Å². The molecule has 0 bridgehead atoms. The Bertz CT molecular complexity index is 343. The van der Waals surface area contributed by atoms with Crippen molar-refractivity contribution in [1.82, 2.24) is 4.90 Å². The fourth-order valence-electron chi connectivity index (χ4n) is 1.43. The minimum Gasteiger partial charge on any atom is -0.342 e. The number of benzene rings is 1. The normalized spacial score (nSPS) is 15.1. The van der Waals surface area contributed by atoms with Crippen molar-refractivity contribution < 1.29 is 0 Å². The molecule has 1 nitrogen and oxygen atoms in total. The van der Waals surface area contributed by atoms with Gasteiger partial charge in [0.25, 0.3) is 0 Å². The molecule has 2 rings (SSSR count). The average molecular weight is 203 g/mol. The lowest BCUT2D eigenvalue weighted by Gasteiger charge is -2.15. The molecule has 0 aromatic heterocycles. The molecule has 0 unspecified atom stereocenters. The summed E-state index contributed by atoms with van der Waals surface area (Å²) in [5.74, 6) is 0. The zero-order chi connectivity index (χ0) is 9.80. The molecule has 1 aromatic carbocycles. The van der Waals surface area contributed by atoms with Crippen molar-refractivity contribution in [2.45, 2.75) is 6.42 Å². The molecular formula is C12H13NS. The molecule has 0 fully saturated rings. The van der Waals surface area contributed by atoms with Crippen LogP contribution in [0.5, 0.6) is 0 Å². The number of thioether (sulfide) groups is 1. The van der Waals surface area contributed by atoms with Gasteiger partial charge in [0.1, 0.15) is 0 Å². The van der Waals surface area contributed by atoms with Crippen LogP contribution in [0.2, 0.25) is 0 Å². The van der Waals surface area contributed by atoms with Crippen molar-refractivity contribution in [3.63, 3.8) is 0 Å². The third-order valence-electron chi connectivity index (χ3n) is 2.25. The van der Waals surface area contributed by atoms with Crippen molar-refractivity contribution in [1.29, 1.82) is 0 Å². The van der Waals surface area contributed by atoms with Gasteiger partial charge in [0.15, 0.2) is 0 Å². The van der Waals surface area contributed by atoms with E-state index in [1.807, 2.05) is 6.07 Å². The zero-order valence-corrected chi connectivity index (χ0v) is 8.83. The van der Waals surface area contributed by atoms with Crippen molar-refractivity contribution >= 4 is 11.8 Å². The molecule has 14 heavy (non-hydrogen) atoms. The van der Waals surface area contributed by atoms with E-state index in [1.165, 1.54) is 5.56 Å². The van der Waals surface area contributed by atoms with Gasteiger partial charge in [-0.05, 0) is 17.4 Å². The highest BCUT2D eigenvalue weighted by atomic mass is 32.2. The van der Waals surface area contributed by atoms with Crippen LogP contribution in [0.25, 0.3) is 0 Å². The van der Waals surface area contributed by atoms with Crippen LogP contribution in [-0.4, -0.2) is 11.4 Å². The summed E-state index contributed by atoms with van der Waals surface area (Å²) in [5, 5.41) is 3.20. The lowest BCUT2D eigenvalue weighted by Crippen LogP contribution is -2.14. The molecule has 0 saturated carbocycles. The fraction of sp³-hybridized carbons (Fsp3) is 0.167. The van der Waals surface area contributed by atoms with E-state index in [1.54, 1.807) is 11.8 Å². The van der Waals surface area contributed by atoms with E-state index in [0.29, 0.717) is 0 Å². The molecule has 0 N–H and O–H groups in total. The first-order chi connectivity index (χ1) is 6.86. The van der Waals surface area contributed by atoms with Gasteiger partial charge in [-0.15, -0.1) is 0 Å². The van der Waals surface area contributed by atoms with E-state index in [9.17, 15) is 0 Å². The SMILES string of the molecule is C=C1SC=CN1CCc1ccccc1. The Morgan fingerprint density at radius 1 is 1.21 bits per heavy atom. The molecule has 1 aliphatic rings. The molecule has 72 valence electrons. The largest absolute Gasteiger partial charge is 0.342 e. The molecule has 0 radical (unpaired) electrons. The maximum Gasteiger partial charge on any atom is 0.0717 e. The van der Waals surface area contributed by atoms with Crippen LogP contribution in [0.1, 0.15) is 5.56 Å². The quantitative estimate of drug-likeness (QED) is 0.742. The predicted octanol–water partition coefficient (Wildman–Crippen LogP) is 3.22. The van der Waals surface area contributed by atoms with Crippen LogP contribution in [0.15, 0.2) is 53.5 Å². The van der Waals surface area contributed by atoms with Crippen molar-refractivity contribution in [3.05, 3.63) is 59.1 Å². The van der Waals surface area contributed by atoms with Gasteiger partial charge in [0.2, 0.25) is 0 Å². The maximum atomic E-state index is 3.97. The number of hydrogen-bond acceptors (Lipinski definition) is 2. The third-order valence-corrected chi connectivity index (χ3v) is 3.01. The summed E-state index contributed by atoms with van der Waals surface area (Å²) in [4.78, 5) is 2.19. The van der Waals surface area contributed by atoms with E-state index in [4.69, 9.17) is 0 Å². The second-order valence-corrected chi connectivity index (χ2v) is 4.20. The Morgan fingerprint density at radius 2 is 2.00 bits per heavy atom. The molecule has 1 heterocycles. The highest BCUT2D eigenvalue weighted by Crippen LogP contribution is 2.26. The first-order valence-electron chi connectivity index (χ1n) is 4.69. The van der Waals surface area contributed by atoms with Gasteiger partial charge >= 0.3 is 0 Å². The lowest BCUT2D eigenvalue weighted by molar-refractivity contribution is 0.506. The van der Waals surface area contributed by atoms with E-state index in [0.717, 1.165) is 18.0 Å². The Hall–Kier alpha value is -1.15. The summed E-state index contributed by atoms with van der Waals surface area (Å²) in [6.07, 6.45) is 3.17. The molecule has 0 spiro atoms. The number of rotatable bonds is 3. The average Bonchev–Trinajstić information content (AvgIpc) is 2.63. The highest BCUT2D eigenvalue weighted by Gasteiger charge is 2.08. The van der Waals surface area contributed by atoms with Crippen LogP contribution in [0.3, 0.4) is 0 Å². The topological polar surface area (TPSA) is 3.24 Å². The Labute approximate surface area is 89.1 Å². The zero-order valence-electron chi connectivity index (χ0n) is 8.02. The molecule has 0 atom stereocenters. The van der Waals surface area contributed by atoms with E-state index < -0.39 is 0 Å². The van der Waals surface area contributed by atoms with Crippen molar-refractivity contribution in [2.24, 2.45) is 0 Å². The van der Waals surface area contributed by atoms with Gasteiger partial charge in [0.05, 0.1) is 5.03 Å². The smallest absolute Gasteiger partial charge is 0.0717 e. The van der Waals surface area contributed by atoms with Crippen LogP contribution < -0.4 is 0 Å². The second kappa shape index (κ2) is 4.38. The van der Waals surface area contributed by atoms with E-state index >= 15 is 0 Å². The molecule has 2 heteroatoms. The second-order valence-electron chi connectivity index (χ2n) is 3.23. The van der Waals surface area contributed by atoms with Gasteiger partial charge < -0.3 is 4.90 Å². The summed E-state index contributed by atoms with van der Waals surface area (Å²) in [6, 6.07) is 10.5. The summed E-state index contributed by atoms with van der Waals surface area (Å²) < 4.78 is 0. The van der Waals surface area contributed by atoms with Crippen LogP contribution in [0.4, 0.5) is 0 Å². The highest BCUT2D eigenvalue weighted by molar-refractivity contribution is 8.05. The molecule has 0 aliphatic carbocycles. The molecule has 1 aromatic rings. The lowest BCUT2D eigenvalue weighted by atomic mass is 10.1. The fourth-order valence-corrected chi connectivity index (χ4v) is 2.08. The first kappa shape index (κ1) is 9.41. The monoisotopic (exact) mass is 203 g/mol. The maximum absolute atomic E-state index is 3.97. The summed E-state index contributed by atoms with van der Waals surface area (Å²) >= 11 is 1.69. The van der Waals surface area contributed by atoms with Crippen molar-refractivity contribution in [2.75, 3.05) is 6.54 Å². The van der Waals surface area contributed by atoms with Gasteiger partial charge in [-0.2, -0.15) is 0 Å². The van der Waals surface area contributed by atoms with Gasteiger partial charge in [-0.3, -0.25) is 0 Å². The molecule has 0 amide bonds. The number of hydrogen-bond donors (Lipinski definition) is 0. The summed E-state index contributed by atoms with van der Waals surface area (Å²) in [7, 11) is 0. The molecule has 1 aliphatic heterocycles. The predicted molar refractivity (Wildman–Crippen MR) is 62.7 cm³/mol. The third kappa shape index (κ3) is 2.20.